The fourth-order valence-electron chi connectivity index (χ4n) is 1.25. The lowest BCUT2D eigenvalue weighted by atomic mass is 10.2. The highest BCUT2D eigenvalue weighted by Crippen LogP contribution is 2.30. The molecule has 0 aliphatic rings. The minimum Gasteiger partial charge on any atom is -0.476 e. The van der Waals surface area contributed by atoms with Crippen LogP contribution in [0.25, 0.3) is 0 Å². The summed E-state index contributed by atoms with van der Waals surface area (Å²) in [7, 11) is 0. The maximum absolute atomic E-state index is 13.3. The maximum Gasteiger partial charge on any atom is 0.355 e. The Morgan fingerprint density at radius 1 is 1.05 bits per heavy atom. The van der Waals surface area contributed by atoms with E-state index in [4.69, 9.17) is 5.11 Å². The quantitative estimate of drug-likeness (QED) is 0.519. The first-order valence-electron chi connectivity index (χ1n) is 4.80. The molecule has 2 rings (SSSR count). The van der Waals surface area contributed by atoms with E-state index in [2.05, 4.69) is 4.98 Å². The Bertz CT molecular complexity index is 674. The molecule has 1 aromatic carbocycles. The summed E-state index contributed by atoms with van der Waals surface area (Å²) in [6.07, 6.45) is 0. The lowest BCUT2D eigenvalue weighted by molar-refractivity contribution is 0.0691. The fraction of sp³-hybridized carbons (Fsp3) is 0. The summed E-state index contributed by atoms with van der Waals surface area (Å²) < 4.78 is 65.3. The van der Waals surface area contributed by atoms with E-state index in [1.54, 1.807) is 0 Å². The van der Waals surface area contributed by atoms with Gasteiger partial charge in [0.1, 0.15) is 5.69 Å². The zero-order chi connectivity index (χ0) is 15.0. The number of aromatic carboxylic acids is 1. The van der Waals surface area contributed by atoms with Crippen molar-refractivity contribution in [2.24, 2.45) is 0 Å². The van der Waals surface area contributed by atoms with Gasteiger partial charge in [0.2, 0.25) is 5.82 Å². The highest BCUT2D eigenvalue weighted by molar-refractivity contribution is 7.14. The lowest BCUT2D eigenvalue weighted by Gasteiger charge is -2.08. The van der Waals surface area contributed by atoms with Gasteiger partial charge >= 0.3 is 5.97 Å². The maximum atomic E-state index is 13.3. The molecular formula is C10H3F5N2O2S. The van der Waals surface area contributed by atoms with Crippen LogP contribution in [-0.2, 0) is 0 Å². The number of halogens is 5. The van der Waals surface area contributed by atoms with Crippen LogP contribution in [0.2, 0.25) is 0 Å². The Hall–Kier alpha value is -2.23. The Morgan fingerprint density at radius 3 is 2.00 bits per heavy atom. The van der Waals surface area contributed by atoms with Crippen molar-refractivity contribution in [2.45, 2.75) is 0 Å². The monoisotopic (exact) mass is 310 g/mol. The molecule has 0 saturated carbocycles. The molecule has 0 bridgehead atoms. The van der Waals surface area contributed by atoms with Crippen molar-refractivity contribution < 1.29 is 31.9 Å². The topological polar surface area (TPSA) is 62.2 Å². The number of carbonyl (C=O) groups is 1. The van der Waals surface area contributed by atoms with Gasteiger partial charge in [0.15, 0.2) is 34.1 Å². The standard InChI is InChI=1S/C10H3F5N2O2S/c11-3-4(12)6(14)8(7(15)5(3)13)17-10-16-2(1-20-10)9(18)19/h1H,(H,16,17)(H,18,19). The van der Waals surface area contributed by atoms with Crippen molar-refractivity contribution >= 4 is 28.1 Å². The van der Waals surface area contributed by atoms with E-state index < -0.39 is 46.4 Å². The van der Waals surface area contributed by atoms with Crippen LogP contribution >= 0.6 is 11.3 Å². The third-order valence-corrected chi connectivity index (χ3v) is 2.92. The van der Waals surface area contributed by atoms with E-state index in [1.165, 1.54) is 0 Å². The normalized spacial score (nSPS) is 10.7. The molecule has 4 nitrogen and oxygen atoms in total. The predicted molar refractivity (Wildman–Crippen MR) is 58.6 cm³/mol. The van der Waals surface area contributed by atoms with Crippen LogP contribution in [0.3, 0.4) is 0 Å². The second-order valence-corrected chi connectivity index (χ2v) is 4.27. The minimum atomic E-state index is -2.28. The third-order valence-electron chi connectivity index (χ3n) is 2.17. The molecule has 0 spiro atoms. The highest BCUT2D eigenvalue weighted by Gasteiger charge is 2.26. The zero-order valence-electron chi connectivity index (χ0n) is 9.18. The smallest absolute Gasteiger partial charge is 0.355 e. The summed E-state index contributed by atoms with van der Waals surface area (Å²) in [6, 6.07) is 0. The first-order valence-corrected chi connectivity index (χ1v) is 5.68. The molecule has 0 unspecified atom stereocenters. The molecule has 0 atom stereocenters. The van der Waals surface area contributed by atoms with Gasteiger partial charge in [-0.3, -0.25) is 0 Å². The predicted octanol–water partition coefficient (Wildman–Crippen LogP) is 3.28. The second kappa shape index (κ2) is 5.04. The molecule has 0 aliphatic heterocycles. The molecule has 10 heteroatoms. The van der Waals surface area contributed by atoms with Crippen molar-refractivity contribution in [3.8, 4) is 0 Å². The summed E-state index contributed by atoms with van der Waals surface area (Å²) in [5, 5.41) is 11.2. The number of carboxylic acids is 1. The second-order valence-electron chi connectivity index (χ2n) is 3.41. The first-order chi connectivity index (χ1) is 9.32. The van der Waals surface area contributed by atoms with Gasteiger partial charge in [-0.25, -0.2) is 31.7 Å². The number of hydrogen-bond acceptors (Lipinski definition) is 4. The van der Waals surface area contributed by atoms with Crippen molar-refractivity contribution in [3.63, 3.8) is 0 Å². The molecule has 2 aromatic rings. The summed E-state index contributed by atoms with van der Waals surface area (Å²) in [5.74, 6) is -12.0. The Balaban J connectivity index is 2.45. The number of hydrogen-bond donors (Lipinski definition) is 2. The van der Waals surface area contributed by atoms with E-state index in [0.717, 1.165) is 5.38 Å². The number of rotatable bonds is 3. The molecule has 106 valence electrons. The fourth-order valence-corrected chi connectivity index (χ4v) is 1.94. The number of carboxylic acid groups (broad SMARTS) is 1. The molecule has 0 fully saturated rings. The van der Waals surface area contributed by atoms with Gasteiger partial charge in [0, 0.05) is 5.38 Å². The van der Waals surface area contributed by atoms with Crippen LogP contribution in [0.15, 0.2) is 5.38 Å². The van der Waals surface area contributed by atoms with Crippen LogP contribution in [0.4, 0.5) is 32.8 Å². The average molecular weight is 310 g/mol. The lowest BCUT2D eigenvalue weighted by Crippen LogP contribution is -2.07. The molecule has 0 saturated heterocycles. The van der Waals surface area contributed by atoms with Gasteiger partial charge in [-0.05, 0) is 0 Å². The van der Waals surface area contributed by atoms with E-state index in [0.29, 0.717) is 11.3 Å². The molecule has 0 amide bonds. The molecular weight excluding hydrogens is 307 g/mol. The van der Waals surface area contributed by atoms with Crippen molar-refractivity contribution in [3.05, 3.63) is 40.2 Å². The van der Waals surface area contributed by atoms with E-state index in [-0.39, 0.29) is 5.13 Å². The summed E-state index contributed by atoms with van der Waals surface area (Å²) in [5.41, 5.74) is -1.73. The number of thiazole rings is 1. The van der Waals surface area contributed by atoms with Crippen LogP contribution < -0.4 is 5.32 Å². The van der Waals surface area contributed by atoms with E-state index >= 15 is 0 Å². The number of anilines is 2. The largest absolute Gasteiger partial charge is 0.476 e. The van der Waals surface area contributed by atoms with E-state index in [9.17, 15) is 26.7 Å². The van der Waals surface area contributed by atoms with Crippen LogP contribution in [0.5, 0.6) is 0 Å². The summed E-state index contributed by atoms with van der Waals surface area (Å²) >= 11 is 0.631. The van der Waals surface area contributed by atoms with Gasteiger partial charge in [0.05, 0.1) is 0 Å². The minimum absolute atomic E-state index is 0.328. The average Bonchev–Trinajstić information content (AvgIpc) is 2.88. The molecule has 20 heavy (non-hydrogen) atoms. The van der Waals surface area contributed by atoms with Gasteiger partial charge in [0.25, 0.3) is 0 Å². The van der Waals surface area contributed by atoms with Gasteiger partial charge in [-0.2, -0.15) is 0 Å². The van der Waals surface area contributed by atoms with Crippen LogP contribution in [0.1, 0.15) is 10.5 Å². The molecule has 1 heterocycles. The SMILES string of the molecule is O=C(O)c1csc(Nc2c(F)c(F)c(F)c(F)c2F)n1. The van der Waals surface area contributed by atoms with Crippen LogP contribution in [0, 0.1) is 29.1 Å². The Kier molecular flexibility index (Phi) is 3.57. The number of nitrogens with one attached hydrogen (secondary N) is 1. The number of nitrogens with zero attached hydrogens (tertiary/aromatic N) is 1. The Labute approximate surface area is 111 Å². The van der Waals surface area contributed by atoms with Crippen molar-refractivity contribution in [1.29, 1.82) is 0 Å². The summed E-state index contributed by atoms with van der Waals surface area (Å²) in [4.78, 5) is 14.0. The number of aromatic nitrogens is 1. The first kappa shape index (κ1) is 14.2. The molecule has 0 radical (unpaired) electrons. The van der Waals surface area contributed by atoms with Gasteiger partial charge in [-0.15, -0.1) is 11.3 Å². The summed E-state index contributed by atoms with van der Waals surface area (Å²) in [6.45, 7) is 0. The van der Waals surface area contributed by atoms with Gasteiger partial charge in [-0.1, -0.05) is 0 Å². The van der Waals surface area contributed by atoms with Gasteiger partial charge < -0.3 is 10.4 Å². The van der Waals surface area contributed by atoms with Crippen molar-refractivity contribution in [1.82, 2.24) is 4.98 Å². The van der Waals surface area contributed by atoms with E-state index in [1.807, 2.05) is 5.32 Å². The highest BCUT2D eigenvalue weighted by atomic mass is 32.1. The Morgan fingerprint density at radius 2 is 1.55 bits per heavy atom. The van der Waals surface area contributed by atoms with Crippen molar-refractivity contribution in [2.75, 3.05) is 5.32 Å². The molecule has 0 aliphatic carbocycles. The zero-order valence-corrected chi connectivity index (χ0v) is 9.99. The molecule has 1 aromatic heterocycles. The number of benzene rings is 1. The third kappa shape index (κ3) is 2.29. The van der Waals surface area contributed by atoms with Crippen LogP contribution in [-0.4, -0.2) is 16.1 Å². The molecule has 2 N–H and O–H groups in total.